The van der Waals surface area contributed by atoms with Crippen molar-refractivity contribution in [2.45, 2.75) is 32.5 Å². The summed E-state index contributed by atoms with van der Waals surface area (Å²) in [5.41, 5.74) is 2.95. The van der Waals surface area contributed by atoms with E-state index in [9.17, 15) is 18.0 Å². The Kier molecular flexibility index (Phi) is 3.59. The molecule has 0 atom stereocenters. The summed E-state index contributed by atoms with van der Waals surface area (Å²) in [4.78, 5) is 15.0. The Morgan fingerprint density at radius 2 is 2.06 bits per heavy atom. The third kappa shape index (κ3) is 2.27. The fraction of sp³-hybridized carbons (Fsp3) is 0.600. The smallest absolute Gasteiger partial charge is 0.411 e. The van der Waals surface area contributed by atoms with Crippen molar-refractivity contribution in [1.29, 1.82) is 0 Å². The van der Waals surface area contributed by atoms with Crippen LogP contribution in [-0.2, 0) is 10.3 Å². The maximum absolute atomic E-state index is 12.8. The Morgan fingerprint density at radius 1 is 1.50 bits per heavy atom. The van der Waals surface area contributed by atoms with Gasteiger partial charge in [-0.05, 0) is 20.8 Å². The summed E-state index contributed by atoms with van der Waals surface area (Å²) in [7, 11) is 0. The normalized spacial score (nSPS) is 12.6. The monoisotopic (exact) mass is 265 g/mol. The number of halogens is 3. The topological polar surface area (TPSA) is 70.1 Å². The fourth-order valence-corrected chi connectivity index (χ4v) is 1.30. The maximum atomic E-state index is 12.8. The van der Waals surface area contributed by atoms with Gasteiger partial charge in [-0.15, -0.1) is 0 Å². The van der Waals surface area contributed by atoms with Gasteiger partial charge in [-0.3, -0.25) is 0 Å². The van der Waals surface area contributed by atoms with E-state index in [1.165, 1.54) is 0 Å². The van der Waals surface area contributed by atoms with Crippen LogP contribution in [0.1, 0.15) is 31.3 Å². The average molecular weight is 265 g/mol. The van der Waals surface area contributed by atoms with E-state index in [1.807, 2.05) is 0 Å². The van der Waals surface area contributed by atoms with Crippen molar-refractivity contribution in [1.82, 2.24) is 9.55 Å². The first-order valence-electron chi connectivity index (χ1n) is 5.20. The van der Waals surface area contributed by atoms with Gasteiger partial charge in [0.1, 0.15) is 11.4 Å². The molecular formula is C10H14F3N3O2. The van der Waals surface area contributed by atoms with Gasteiger partial charge < -0.3 is 15.0 Å². The summed E-state index contributed by atoms with van der Waals surface area (Å²) in [5, 5.41) is 0. The second-order valence-corrected chi connectivity index (χ2v) is 4.13. The van der Waals surface area contributed by atoms with Gasteiger partial charge in [0.15, 0.2) is 5.69 Å². The summed E-state index contributed by atoms with van der Waals surface area (Å²) in [6, 6.07) is 0. The van der Waals surface area contributed by atoms with Crippen LogP contribution >= 0.6 is 0 Å². The highest BCUT2D eigenvalue weighted by Gasteiger charge is 2.50. The molecule has 0 saturated heterocycles. The van der Waals surface area contributed by atoms with Crippen LogP contribution in [-0.4, -0.2) is 28.3 Å². The van der Waals surface area contributed by atoms with Crippen molar-refractivity contribution in [2.24, 2.45) is 0 Å². The molecule has 0 radical (unpaired) electrons. The zero-order valence-corrected chi connectivity index (χ0v) is 10.2. The van der Waals surface area contributed by atoms with E-state index in [1.54, 1.807) is 6.92 Å². The zero-order valence-electron chi connectivity index (χ0n) is 10.2. The first-order chi connectivity index (χ1) is 8.13. The van der Waals surface area contributed by atoms with Crippen LogP contribution < -0.4 is 5.73 Å². The van der Waals surface area contributed by atoms with E-state index < -0.39 is 17.7 Å². The van der Waals surface area contributed by atoms with Crippen LogP contribution in [0.5, 0.6) is 0 Å². The zero-order chi connectivity index (χ0) is 14.1. The molecule has 0 aliphatic heterocycles. The summed E-state index contributed by atoms with van der Waals surface area (Å²) in [6.07, 6.45) is -3.64. The van der Waals surface area contributed by atoms with E-state index >= 15 is 0 Å². The van der Waals surface area contributed by atoms with Crippen LogP contribution in [0, 0.1) is 0 Å². The maximum Gasteiger partial charge on any atom is 0.411 e. The number of aromatic nitrogens is 2. The van der Waals surface area contributed by atoms with Crippen molar-refractivity contribution in [3.05, 3.63) is 12.0 Å². The summed E-state index contributed by atoms with van der Waals surface area (Å²) < 4.78 is 43.9. The van der Waals surface area contributed by atoms with Crippen LogP contribution in [0.2, 0.25) is 0 Å². The SMILES string of the molecule is CCOC(=O)c1ncn(C(C)(C)C(F)(F)F)c1N. The molecule has 0 aromatic carbocycles. The molecule has 0 spiro atoms. The molecule has 18 heavy (non-hydrogen) atoms. The summed E-state index contributed by atoms with van der Waals surface area (Å²) >= 11 is 0. The number of esters is 1. The first kappa shape index (κ1) is 14.3. The lowest BCUT2D eigenvalue weighted by Gasteiger charge is -2.30. The lowest BCUT2D eigenvalue weighted by Crippen LogP contribution is -2.42. The van der Waals surface area contributed by atoms with Gasteiger partial charge >= 0.3 is 12.1 Å². The number of alkyl halides is 3. The minimum absolute atomic E-state index is 0.0911. The summed E-state index contributed by atoms with van der Waals surface area (Å²) in [6.45, 7) is 3.55. The molecule has 8 heteroatoms. The van der Waals surface area contributed by atoms with Gasteiger partial charge in [-0.1, -0.05) is 0 Å². The van der Waals surface area contributed by atoms with Gasteiger partial charge in [0.2, 0.25) is 0 Å². The molecule has 0 amide bonds. The second kappa shape index (κ2) is 4.51. The van der Waals surface area contributed by atoms with Crippen molar-refractivity contribution < 1.29 is 22.7 Å². The molecule has 1 aromatic heterocycles. The number of ether oxygens (including phenoxy) is 1. The Labute approximate surface area is 102 Å². The number of nitrogen functional groups attached to an aromatic ring is 1. The van der Waals surface area contributed by atoms with Gasteiger partial charge in [-0.25, -0.2) is 9.78 Å². The van der Waals surface area contributed by atoms with E-state index in [0.717, 1.165) is 20.2 Å². The van der Waals surface area contributed by atoms with Gasteiger partial charge in [-0.2, -0.15) is 13.2 Å². The number of hydrogen-bond acceptors (Lipinski definition) is 4. The Bertz CT molecular complexity index is 452. The molecule has 0 aliphatic rings. The molecule has 1 rings (SSSR count). The van der Waals surface area contributed by atoms with E-state index in [-0.39, 0.29) is 18.1 Å². The molecule has 0 unspecified atom stereocenters. The molecule has 2 N–H and O–H groups in total. The average Bonchev–Trinajstić information content (AvgIpc) is 2.59. The number of rotatable bonds is 3. The number of hydrogen-bond donors (Lipinski definition) is 1. The second-order valence-electron chi connectivity index (χ2n) is 4.13. The molecule has 5 nitrogen and oxygen atoms in total. The molecule has 0 aliphatic carbocycles. The number of carbonyl (C=O) groups is 1. The number of nitrogens with two attached hydrogens (primary N) is 1. The van der Waals surface area contributed by atoms with E-state index in [0.29, 0.717) is 4.57 Å². The molecule has 1 aromatic rings. The predicted octanol–water partition coefficient (Wildman–Crippen LogP) is 1.94. The minimum Gasteiger partial charge on any atom is -0.461 e. The third-order valence-electron chi connectivity index (χ3n) is 2.57. The molecule has 102 valence electrons. The number of nitrogens with zero attached hydrogens (tertiary/aromatic N) is 2. The van der Waals surface area contributed by atoms with Crippen LogP contribution in [0.15, 0.2) is 6.33 Å². The lowest BCUT2D eigenvalue weighted by molar-refractivity contribution is -0.202. The van der Waals surface area contributed by atoms with Crippen molar-refractivity contribution in [2.75, 3.05) is 12.3 Å². The quantitative estimate of drug-likeness (QED) is 0.848. The fourth-order valence-electron chi connectivity index (χ4n) is 1.30. The van der Waals surface area contributed by atoms with Crippen LogP contribution in [0.3, 0.4) is 0 Å². The lowest BCUT2D eigenvalue weighted by atomic mass is 10.1. The van der Waals surface area contributed by atoms with Crippen molar-refractivity contribution in [3.8, 4) is 0 Å². The highest BCUT2D eigenvalue weighted by molar-refractivity contribution is 5.92. The van der Waals surface area contributed by atoms with E-state index in [2.05, 4.69) is 9.72 Å². The molecule has 0 saturated carbocycles. The standard InChI is InChI=1S/C10H14F3N3O2/c1-4-18-8(17)6-7(14)16(5-15-6)9(2,3)10(11,12)13/h5H,4,14H2,1-3H3. The number of imidazole rings is 1. The highest BCUT2D eigenvalue weighted by Crippen LogP contribution is 2.38. The number of carbonyl (C=O) groups excluding carboxylic acids is 1. The number of anilines is 1. The molecule has 0 fully saturated rings. The first-order valence-corrected chi connectivity index (χ1v) is 5.20. The Balaban J connectivity index is 3.19. The largest absolute Gasteiger partial charge is 0.461 e. The van der Waals surface area contributed by atoms with Gasteiger partial charge in [0.25, 0.3) is 0 Å². The molecule has 0 bridgehead atoms. The van der Waals surface area contributed by atoms with Crippen LogP contribution in [0.25, 0.3) is 0 Å². The third-order valence-corrected chi connectivity index (χ3v) is 2.57. The summed E-state index contributed by atoms with van der Waals surface area (Å²) in [5.74, 6) is -1.21. The molecule has 1 heterocycles. The Hall–Kier alpha value is -1.73. The minimum atomic E-state index is -4.52. The van der Waals surface area contributed by atoms with Crippen molar-refractivity contribution in [3.63, 3.8) is 0 Å². The van der Waals surface area contributed by atoms with Gasteiger partial charge in [0.05, 0.1) is 12.9 Å². The van der Waals surface area contributed by atoms with Crippen molar-refractivity contribution >= 4 is 11.8 Å². The highest BCUT2D eigenvalue weighted by atomic mass is 19.4. The van der Waals surface area contributed by atoms with Crippen LogP contribution in [0.4, 0.5) is 19.0 Å². The van der Waals surface area contributed by atoms with Gasteiger partial charge in [0, 0.05) is 0 Å². The van der Waals surface area contributed by atoms with E-state index in [4.69, 9.17) is 5.73 Å². The Morgan fingerprint density at radius 3 is 2.50 bits per heavy atom. The molecular weight excluding hydrogens is 251 g/mol. The predicted molar refractivity (Wildman–Crippen MR) is 58.0 cm³/mol.